The van der Waals surface area contributed by atoms with Gasteiger partial charge in [-0.1, -0.05) is 29.8 Å². The first-order chi connectivity index (χ1) is 12.2. The van der Waals surface area contributed by atoms with Crippen LogP contribution in [0.3, 0.4) is 0 Å². The van der Waals surface area contributed by atoms with Crippen LogP contribution in [0.25, 0.3) is 5.65 Å². The fourth-order valence-corrected chi connectivity index (χ4v) is 3.35. The summed E-state index contributed by atoms with van der Waals surface area (Å²) in [7, 11) is 0. The summed E-state index contributed by atoms with van der Waals surface area (Å²) in [6.45, 7) is 2.07. The SMILES string of the molecule is Cc1ccc(Cc2cnc(NC(=O)c3cnn4cccnc34)s2)cc1. The number of rotatable bonds is 4. The number of aryl methyl sites for hydroxylation is 1. The normalized spacial score (nSPS) is 10.9. The fraction of sp³-hybridized carbons (Fsp3) is 0.111. The van der Waals surface area contributed by atoms with E-state index in [1.165, 1.54) is 28.7 Å². The summed E-state index contributed by atoms with van der Waals surface area (Å²) in [6, 6.07) is 10.2. The molecule has 0 bridgehead atoms. The van der Waals surface area contributed by atoms with Gasteiger partial charge in [0.15, 0.2) is 10.8 Å². The van der Waals surface area contributed by atoms with Crippen molar-refractivity contribution in [2.75, 3.05) is 5.32 Å². The maximum Gasteiger partial charge on any atom is 0.262 e. The summed E-state index contributed by atoms with van der Waals surface area (Å²) < 4.78 is 1.57. The standard InChI is InChI=1S/C18H15N5OS/c1-12-3-5-13(6-4-12)9-14-10-20-18(25-14)22-17(24)15-11-21-23-8-2-7-19-16(15)23/h2-8,10-11H,9H2,1H3,(H,20,22,24). The Labute approximate surface area is 148 Å². The first-order valence-corrected chi connectivity index (χ1v) is 8.60. The number of anilines is 1. The fourth-order valence-electron chi connectivity index (χ4n) is 2.51. The molecule has 4 aromatic rings. The Hall–Kier alpha value is -3.06. The van der Waals surface area contributed by atoms with Crippen molar-refractivity contribution in [1.82, 2.24) is 19.6 Å². The van der Waals surface area contributed by atoms with Crippen LogP contribution in [0.15, 0.2) is 55.1 Å². The molecule has 4 rings (SSSR count). The molecule has 0 aliphatic heterocycles. The average molecular weight is 349 g/mol. The topological polar surface area (TPSA) is 72.2 Å². The molecule has 0 aliphatic carbocycles. The van der Waals surface area contributed by atoms with E-state index in [0.29, 0.717) is 16.3 Å². The van der Waals surface area contributed by atoms with Gasteiger partial charge in [-0.05, 0) is 18.6 Å². The highest BCUT2D eigenvalue weighted by Crippen LogP contribution is 2.22. The molecule has 1 aromatic carbocycles. The molecule has 0 aliphatic rings. The molecular weight excluding hydrogens is 334 g/mol. The van der Waals surface area contributed by atoms with Crippen molar-refractivity contribution in [3.05, 3.63) is 76.7 Å². The van der Waals surface area contributed by atoms with Crippen molar-refractivity contribution in [2.24, 2.45) is 0 Å². The lowest BCUT2D eigenvalue weighted by molar-refractivity contribution is 0.102. The molecule has 7 heteroatoms. The van der Waals surface area contributed by atoms with Crippen molar-refractivity contribution in [1.29, 1.82) is 0 Å². The monoisotopic (exact) mass is 349 g/mol. The second kappa shape index (κ2) is 6.45. The molecule has 0 spiro atoms. The van der Waals surface area contributed by atoms with E-state index in [0.717, 1.165) is 11.3 Å². The number of nitrogens with zero attached hydrogens (tertiary/aromatic N) is 4. The van der Waals surface area contributed by atoms with Crippen LogP contribution in [0.1, 0.15) is 26.4 Å². The highest BCUT2D eigenvalue weighted by atomic mass is 32.1. The van der Waals surface area contributed by atoms with Crippen LogP contribution in [0.5, 0.6) is 0 Å². The smallest absolute Gasteiger partial charge is 0.262 e. The maximum atomic E-state index is 12.5. The van der Waals surface area contributed by atoms with E-state index in [9.17, 15) is 4.79 Å². The van der Waals surface area contributed by atoms with Crippen LogP contribution in [0.4, 0.5) is 5.13 Å². The molecule has 0 saturated heterocycles. The molecule has 0 fully saturated rings. The summed E-state index contributed by atoms with van der Waals surface area (Å²) in [5.74, 6) is -0.259. The predicted molar refractivity (Wildman–Crippen MR) is 97.0 cm³/mol. The molecule has 0 saturated carbocycles. The van der Waals surface area contributed by atoms with Crippen molar-refractivity contribution in [2.45, 2.75) is 13.3 Å². The van der Waals surface area contributed by atoms with Gasteiger partial charge in [-0.15, -0.1) is 11.3 Å². The number of nitrogens with one attached hydrogen (secondary N) is 1. The largest absolute Gasteiger partial charge is 0.298 e. The minimum Gasteiger partial charge on any atom is -0.298 e. The molecule has 1 amide bonds. The third-order valence-corrected chi connectivity index (χ3v) is 4.71. The van der Waals surface area contributed by atoms with Crippen molar-refractivity contribution in [3.8, 4) is 0 Å². The van der Waals surface area contributed by atoms with E-state index >= 15 is 0 Å². The van der Waals surface area contributed by atoms with E-state index in [4.69, 9.17) is 0 Å². The highest BCUT2D eigenvalue weighted by molar-refractivity contribution is 7.15. The Balaban J connectivity index is 1.49. The first kappa shape index (κ1) is 15.5. The van der Waals surface area contributed by atoms with Crippen molar-refractivity contribution in [3.63, 3.8) is 0 Å². The summed E-state index contributed by atoms with van der Waals surface area (Å²) in [4.78, 5) is 22.0. The summed E-state index contributed by atoms with van der Waals surface area (Å²) in [5.41, 5.74) is 3.41. The molecule has 3 heterocycles. The molecule has 0 radical (unpaired) electrons. The van der Waals surface area contributed by atoms with Crippen molar-refractivity contribution >= 4 is 28.0 Å². The quantitative estimate of drug-likeness (QED) is 0.613. The van der Waals surface area contributed by atoms with E-state index in [2.05, 4.69) is 51.6 Å². The van der Waals surface area contributed by atoms with Gasteiger partial charge in [0.1, 0.15) is 5.56 Å². The molecule has 6 nitrogen and oxygen atoms in total. The first-order valence-electron chi connectivity index (χ1n) is 7.79. The van der Waals surface area contributed by atoms with Crippen LogP contribution < -0.4 is 5.32 Å². The molecule has 3 aromatic heterocycles. The maximum absolute atomic E-state index is 12.5. The third-order valence-electron chi connectivity index (χ3n) is 3.80. The lowest BCUT2D eigenvalue weighted by atomic mass is 10.1. The van der Waals surface area contributed by atoms with E-state index in [1.807, 2.05) is 0 Å². The van der Waals surface area contributed by atoms with Crippen LogP contribution >= 0.6 is 11.3 Å². The number of benzene rings is 1. The Morgan fingerprint density at radius 2 is 2.04 bits per heavy atom. The van der Waals surface area contributed by atoms with Crippen LogP contribution in [-0.2, 0) is 6.42 Å². The molecule has 0 atom stereocenters. The van der Waals surface area contributed by atoms with E-state index < -0.39 is 0 Å². The lowest BCUT2D eigenvalue weighted by Crippen LogP contribution is -2.11. The zero-order valence-electron chi connectivity index (χ0n) is 13.5. The minimum atomic E-state index is -0.259. The number of amides is 1. The van der Waals surface area contributed by atoms with E-state index in [1.54, 1.807) is 29.2 Å². The number of hydrogen-bond acceptors (Lipinski definition) is 5. The molecule has 0 unspecified atom stereocenters. The molecule has 1 N–H and O–H groups in total. The second-order valence-electron chi connectivity index (χ2n) is 5.69. The van der Waals surface area contributed by atoms with Crippen LogP contribution in [0, 0.1) is 6.92 Å². The molecule has 25 heavy (non-hydrogen) atoms. The number of thiazole rings is 1. The molecule has 124 valence electrons. The summed E-state index contributed by atoms with van der Waals surface area (Å²) >= 11 is 1.47. The van der Waals surface area contributed by atoms with Gasteiger partial charge in [-0.2, -0.15) is 5.10 Å². The predicted octanol–water partition coefficient (Wildman–Crippen LogP) is 3.34. The minimum absolute atomic E-state index is 0.259. The Morgan fingerprint density at radius 3 is 2.88 bits per heavy atom. The lowest BCUT2D eigenvalue weighted by Gasteiger charge is -2.00. The Morgan fingerprint density at radius 1 is 1.20 bits per heavy atom. The number of carbonyl (C=O) groups is 1. The van der Waals surface area contributed by atoms with Gasteiger partial charge in [-0.3, -0.25) is 10.1 Å². The Kier molecular flexibility index (Phi) is 3.99. The van der Waals surface area contributed by atoms with Gasteiger partial charge in [0.25, 0.3) is 5.91 Å². The summed E-state index contributed by atoms with van der Waals surface area (Å²) in [5, 5.41) is 7.52. The highest BCUT2D eigenvalue weighted by Gasteiger charge is 2.15. The molecular formula is C18H15N5OS. The van der Waals surface area contributed by atoms with Gasteiger partial charge in [0.2, 0.25) is 0 Å². The number of hydrogen-bond donors (Lipinski definition) is 1. The van der Waals surface area contributed by atoms with Gasteiger partial charge < -0.3 is 0 Å². The zero-order chi connectivity index (χ0) is 17.2. The number of fused-ring (bicyclic) bond motifs is 1. The average Bonchev–Trinajstić information content (AvgIpc) is 3.23. The third kappa shape index (κ3) is 3.27. The Bertz CT molecular complexity index is 1040. The van der Waals surface area contributed by atoms with Gasteiger partial charge in [0.05, 0.1) is 6.20 Å². The van der Waals surface area contributed by atoms with Crippen LogP contribution in [-0.4, -0.2) is 25.5 Å². The zero-order valence-corrected chi connectivity index (χ0v) is 14.3. The second-order valence-corrected chi connectivity index (χ2v) is 6.81. The van der Waals surface area contributed by atoms with E-state index in [-0.39, 0.29) is 5.91 Å². The van der Waals surface area contributed by atoms with Gasteiger partial charge in [-0.25, -0.2) is 14.5 Å². The number of carbonyl (C=O) groups excluding carboxylic acids is 1. The summed E-state index contributed by atoms with van der Waals surface area (Å²) in [6.07, 6.45) is 7.50. The van der Waals surface area contributed by atoms with Crippen LogP contribution in [0.2, 0.25) is 0 Å². The number of aromatic nitrogens is 4. The van der Waals surface area contributed by atoms with Crippen molar-refractivity contribution < 1.29 is 4.79 Å². The van der Waals surface area contributed by atoms with Gasteiger partial charge >= 0.3 is 0 Å². The van der Waals surface area contributed by atoms with Gasteiger partial charge in [0, 0.05) is 29.9 Å².